The number of carbonyl (C=O) groups is 1. The van der Waals surface area contributed by atoms with Crippen LogP contribution in [0.4, 0.5) is 0 Å². The van der Waals surface area contributed by atoms with Crippen LogP contribution in [0.1, 0.15) is 47.1 Å². The Morgan fingerprint density at radius 2 is 2.26 bits per heavy atom. The summed E-state index contributed by atoms with van der Waals surface area (Å²) in [4.78, 5) is 19.8. The first-order chi connectivity index (χ1) is 8.99. The lowest BCUT2D eigenvalue weighted by atomic mass is 10.2. The Balaban J connectivity index is 2.14. The highest BCUT2D eigenvalue weighted by atomic mass is 32.1. The predicted octanol–water partition coefficient (Wildman–Crippen LogP) is 2.36. The van der Waals surface area contributed by atoms with Crippen LogP contribution in [0.5, 0.6) is 0 Å². The lowest BCUT2D eigenvalue weighted by Gasteiger charge is -2.29. The lowest BCUT2D eigenvalue weighted by Crippen LogP contribution is -2.44. The summed E-state index contributed by atoms with van der Waals surface area (Å²) in [6, 6.07) is 0.664. The van der Waals surface area contributed by atoms with E-state index in [0.717, 1.165) is 35.1 Å². The van der Waals surface area contributed by atoms with E-state index in [0.29, 0.717) is 6.04 Å². The van der Waals surface area contributed by atoms with Crippen molar-refractivity contribution in [2.75, 3.05) is 13.1 Å². The minimum atomic E-state index is 0.131. The quantitative estimate of drug-likeness (QED) is 0.921. The highest BCUT2D eigenvalue weighted by Crippen LogP contribution is 2.21. The van der Waals surface area contributed by atoms with Crippen molar-refractivity contribution >= 4 is 17.2 Å². The van der Waals surface area contributed by atoms with E-state index in [1.807, 2.05) is 18.7 Å². The van der Waals surface area contributed by atoms with Crippen LogP contribution in [0.3, 0.4) is 0 Å². The summed E-state index contributed by atoms with van der Waals surface area (Å²) in [5.74, 6) is 0.131. The van der Waals surface area contributed by atoms with Crippen LogP contribution in [0.2, 0.25) is 0 Å². The van der Waals surface area contributed by atoms with Gasteiger partial charge in [0.05, 0.1) is 10.7 Å². The van der Waals surface area contributed by atoms with Crippen molar-refractivity contribution in [1.82, 2.24) is 15.2 Å². The van der Waals surface area contributed by atoms with Crippen LogP contribution >= 0.6 is 11.3 Å². The molecule has 1 aliphatic heterocycles. The molecular formula is C14H23N3OS. The molecule has 1 saturated heterocycles. The number of aryl methyl sites for hydroxylation is 2. The Labute approximate surface area is 119 Å². The van der Waals surface area contributed by atoms with Gasteiger partial charge in [-0.1, -0.05) is 0 Å². The van der Waals surface area contributed by atoms with Crippen LogP contribution < -0.4 is 5.32 Å². The highest BCUT2D eigenvalue weighted by Gasteiger charge is 2.26. The fraction of sp³-hybridized carbons (Fsp3) is 0.714. The van der Waals surface area contributed by atoms with E-state index in [4.69, 9.17) is 0 Å². The Hall–Kier alpha value is -0.940. The number of carbonyl (C=O) groups excluding carboxylic acids is 1. The molecular weight excluding hydrogens is 258 g/mol. The van der Waals surface area contributed by atoms with Crippen molar-refractivity contribution in [2.45, 2.75) is 52.6 Å². The number of aromatic nitrogens is 1. The van der Waals surface area contributed by atoms with E-state index in [2.05, 4.69) is 24.1 Å². The van der Waals surface area contributed by atoms with Crippen LogP contribution in [-0.2, 0) is 0 Å². The first-order valence-corrected chi connectivity index (χ1v) is 7.79. The molecule has 0 aromatic carbocycles. The molecule has 0 aliphatic carbocycles. The Morgan fingerprint density at radius 1 is 1.53 bits per heavy atom. The molecule has 1 unspecified atom stereocenters. The van der Waals surface area contributed by atoms with Crippen molar-refractivity contribution in [3.05, 3.63) is 15.6 Å². The maximum Gasteiger partial charge on any atom is 0.266 e. The van der Waals surface area contributed by atoms with E-state index < -0.39 is 0 Å². The number of nitrogens with zero attached hydrogens (tertiary/aromatic N) is 2. The summed E-state index contributed by atoms with van der Waals surface area (Å²) in [5.41, 5.74) is 0.859. The van der Waals surface area contributed by atoms with Gasteiger partial charge >= 0.3 is 0 Å². The van der Waals surface area contributed by atoms with E-state index >= 15 is 0 Å². The van der Waals surface area contributed by atoms with Crippen LogP contribution in [-0.4, -0.2) is 41.0 Å². The molecule has 1 amide bonds. The van der Waals surface area contributed by atoms with E-state index in [-0.39, 0.29) is 11.9 Å². The van der Waals surface area contributed by atoms with E-state index in [9.17, 15) is 4.79 Å². The fourth-order valence-corrected chi connectivity index (χ4v) is 3.41. The zero-order valence-electron chi connectivity index (χ0n) is 12.2. The van der Waals surface area contributed by atoms with E-state index in [1.54, 1.807) is 0 Å². The summed E-state index contributed by atoms with van der Waals surface area (Å²) >= 11 is 1.50. The second kappa shape index (κ2) is 6.01. The Morgan fingerprint density at radius 3 is 2.74 bits per heavy atom. The third-order valence-electron chi connectivity index (χ3n) is 3.56. The maximum absolute atomic E-state index is 12.7. The third kappa shape index (κ3) is 3.34. The fourth-order valence-electron chi connectivity index (χ4n) is 2.54. The van der Waals surface area contributed by atoms with Gasteiger partial charge in [-0.25, -0.2) is 4.98 Å². The smallest absolute Gasteiger partial charge is 0.266 e. The molecule has 19 heavy (non-hydrogen) atoms. The largest absolute Gasteiger partial charge is 0.334 e. The standard InChI is InChI=1S/C14H23N3OS/c1-9(2)17(8-12-6-5-7-15-12)14(18)13-10(3)16-11(4)19-13/h9,12,15H,5-8H2,1-4H3. The van der Waals surface area contributed by atoms with Gasteiger partial charge < -0.3 is 10.2 Å². The zero-order chi connectivity index (χ0) is 14.0. The average Bonchev–Trinajstić information content (AvgIpc) is 2.94. The molecule has 1 aliphatic rings. The average molecular weight is 281 g/mol. The molecule has 1 aromatic heterocycles. The molecule has 2 heterocycles. The van der Waals surface area contributed by atoms with Crippen molar-refractivity contribution in [3.8, 4) is 0 Å². The number of hydrogen-bond donors (Lipinski definition) is 1. The van der Waals surface area contributed by atoms with Gasteiger partial charge in [-0.3, -0.25) is 4.79 Å². The molecule has 5 heteroatoms. The van der Waals surface area contributed by atoms with Gasteiger partial charge in [-0.15, -0.1) is 11.3 Å². The van der Waals surface area contributed by atoms with Gasteiger partial charge in [-0.2, -0.15) is 0 Å². The second-order valence-corrected chi connectivity index (χ2v) is 6.70. The third-order valence-corrected chi connectivity index (χ3v) is 4.62. The first kappa shape index (κ1) is 14.5. The molecule has 4 nitrogen and oxygen atoms in total. The molecule has 1 N–H and O–H groups in total. The Bertz CT molecular complexity index is 450. The van der Waals surface area contributed by atoms with E-state index in [1.165, 1.54) is 17.8 Å². The normalized spacial score (nSPS) is 19.1. The van der Waals surface area contributed by atoms with Gasteiger partial charge in [0, 0.05) is 18.6 Å². The SMILES string of the molecule is Cc1nc(C)c(C(=O)N(CC2CCCN2)C(C)C)s1. The number of amides is 1. The minimum Gasteiger partial charge on any atom is -0.334 e. The molecule has 0 saturated carbocycles. The zero-order valence-corrected chi connectivity index (χ0v) is 13.0. The van der Waals surface area contributed by atoms with Crippen molar-refractivity contribution in [1.29, 1.82) is 0 Å². The Kier molecular flexibility index (Phi) is 4.58. The summed E-state index contributed by atoms with van der Waals surface area (Å²) in [7, 11) is 0. The van der Waals surface area contributed by atoms with Gasteiger partial charge in [0.15, 0.2) is 0 Å². The van der Waals surface area contributed by atoms with Gasteiger partial charge in [0.2, 0.25) is 0 Å². The molecule has 0 bridgehead atoms. The van der Waals surface area contributed by atoms with Gasteiger partial charge in [0.1, 0.15) is 4.88 Å². The number of nitrogens with one attached hydrogen (secondary N) is 1. The second-order valence-electron chi connectivity index (χ2n) is 5.49. The summed E-state index contributed by atoms with van der Waals surface area (Å²) in [6.07, 6.45) is 2.38. The number of rotatable bonds is 4. The van der Waals surface area contributed by atoms with Crippen LogP contribution in [0.25, 0.3) is 0 Å². The number of thiazole rings is 1. The molecule has 106 valence electrons. The van der Waals surface area contributed by atoms with Crippen LogP contribution in [0.15, 0.2) is 0 Å². The monoisotopic (exact) mass is 281 g/mol. The van der Waals surface area contributed by atoms with Gasteiger partial charge in [-0.05, 0) is 47.1 Å². The lowest BCUT2D eigenvalue weighted by molar-refractivity contribution is 0.0693. The number of hydrogen-bond acceptors (Lipinski definition) is 4. The summed E-state index contributed by atoms with van der Waals surface area (Å²) < 4.78 is 0. The first-order valence-electron chi connectivity index (χ1n) is 6.97. The van der Waals surface area contributed by atoms with Gasteiger partial charge in [0.25, 0.3) is 5.91 Å². The molecule has 0 spiro atoms. The highest BCUT2D eigenvalue weighted by molar-refractivity contribution is 7.13. The molecule has 1 aromatic rings. The molecule has 1 fully saturated rings. The topological polar surface area (TPSA) is 45.2 Å². The van der Waals surface area contributed by atoms with Crippen molar-refractivity contribution in [2.24, 2.45) is 0 Å². The summed E-state index contributed by atoms with van der Waals surface area (Å²) in [5, 5.41) is 4.42. The predicted molar refractivity (Wildman–Crippen MR) is 78.8 cm³/mol. The van der Waals surface area contributed by atoms with Crippen molar-refractivity contribution < 1.29 is 4.79 Å². The summed E-state index contributed by atoms with van der Waals surface area (Å²) in [6.45, 7) is 9.90. The molecule has 0 radical (unpaired) electrons. The maximum atomic E-state index is 12.7. The molecule has 1 atom stereocenters. The minimum absolute atomic E-state index is 0.131. The van der Waals surface area contributed by atoms with Crippen LogP contribution in [0, 0.1) is 13.8 Å². The van der Waals surface area contributed by atoms with Crippen molar-refractivity contribution in [3.63, 3.8) is 0 Å². The molecule has 2 rings (SSSR count).